The molecule has 2 aliphatic heterocycles. The van der Waals surface area contributed by atoms with E-state index in [9.17, 15) is 9.18 Å². The number of nitrogens with one attached hydrogen (secondary N) is 1. The number of fused-ring (bicyclic) bond motifs is 2. The van der Waals surface area contributed by atoms with E-state index in [1.54, 1.807) is 23.9 Å². The summed E-state index contributed by atoms with van der Waals surface area (Å²) in [7, 11) is 0. The van der Waals surface area contributed by atoms with Gasteiger partial charge in [0.25, 0.3) is 0 Å². The van der Waals surface area contributed by atoms with Gasteiger partial charge in [-0.3, -0.25) is 4.90 Å². The first-order chi connectivity index (χ1) is 16.4. The number of benzene rings is 1. The molecule has 0 spiro atoms. The topological polar surface area (TPSA) is 76.6 Å². The molecule has 3 fully saturated rings. The van der Waals surface area contributed by atoms with Crippen LogP contribution in [0.1, 0.15) is 57.9 Å². The Morgan fingerprint density at radius 3 is 2.76 bits per heavy atom. The predicted octanol–water partition coefficient (Wildman–Crippen LogP) is 5.84. The lowest BCUT2D eigenvalue weighted by molar-refractivity contribution is 0.0641. The highest BCUT2D eigenvalue weighted by Crippen LogP contribution is 2.41. The third-order valence-electron chi connectivity index (χ3n) is 6.88. The van der Waals surface area contributed by atoms with E-state index in [-0.39, 0.29) is 36.2 Å². The number of halogens is 1. The minimum absolute atomic E-state index is 0.0276. The molecule has 7 nitrogen and oxygen atoms in total. The van der Waals surface area contributed by atoms with Gasteiger partial charge in [-0.1, -0.05) is 6.42 Å². The Morgan fingerprint density at radius 1 is 1.24 bits per heavy atom. The first-order valence-corrected chi connectivity index (χ1v) is 13.0. The summed E-state index contributed by atoms with van der Waals surface area (Å²) < 4.78 is 26.5. The molecule has 2 saturated heterocycles. The van der Waals surface area contributed by atoms with Crippen molar-refractivity contribution < 1.29 is 18.7 Å². The van der Waals surface area contributed by atoms with E-state index in [1.165, 1.54) is 25.6 Å². The van der Waals surface area contributed by atoms with Crippen molar-refractivity contribution in [1.29, 1.82) is 0 Å². The van der Waals surface area contributed by atoms with E-state index in [2.05, 4.69) is 15.3 Å². The lowest BCUT2D eigenvalue weighted by Crippen LogP contribution is -2.40. The Balaban J connectivity index is 1.27. The second-order valence-electron chi connectivity index (χ2n) is 9.62. The van der Waals surface area contributed by atoms with Gasteiger partial charge in [-0.05, 0) is 64.7 Å². The number of carbonyl (C=O) groups is 1. The van der Waals surface area contributed by atoms with Crippen LogP contribution >= 0.6 is 11.8 Å². The van der Waals surface area contributed by atoms with Crippen LogP contribution in [0.25, 0.3) is 0 Å². The van der Waals surface area contributed by atoms with Gasteiger partial charge in [0.15, 0.2) is 0 Å². The van der Waals surface area contributed by atoms with Gasteiger partial charge >= 0.3 is 6.09 Å². The van der Waals surface area contributed by atoms with Gasteiger partial charge in [-0.15, -0.1) is 11.8 Å². The highest BCUT2D eigenvalue weighted by Gasteiger charge is 2.51. The standard InChI is InChI=1S/C25H31FN4O3S/c1-14(2)32-25(31)30-16-7-10-21(30)22(11-16)33-24-15(3)23(27-13-28-24)29-20-9-8-18(12-19(20)26)34-17-5-4-6-17/h8-9,12-14,16-17,21-22H,4-7,10-11H2,1-3H3,(H,27,28,29)/t16?,21?,22-/m0/s1. The molecule has 1 amide bonds. The van der Waals surface area contributed by atoms with Crippen LogP contribution < -0.4 is 10.1 Å². The average Bonchev–Trinajstić information content (AvgIpc) is 3.33. The molecule has 0 radical (unpaired) electrons. The molecule has 34 heavy (non-hydrogen) atoms. The maximum Gasteiger partial charge on any atom is 0.410 e. The van der Waals surface area contributed by atoms with E-state index < -0.39 is 0 Å². The number of amides is 1. The highest BCUT2D eigenvalue weighted by atomic mass is 32.2. The summed E-state index contributed by atoms with van der Waals surface area (Å²) in [6.45, 7) is 5.56. The molecule has 1 aromatic heterocycles. The number of hydrogen-bond acceptors (Lipinski definition) is 7. The predicted molar refractivity (Wildman–Crippen MR) is 129 cm³/mol. The van der Waals surface area contributed by atoms with Gasteiger partial charge in [0.2, 0.25) is 5.88 Å². The molecule has 182 valence electrons. The minimum Gasteiger partial charge on any atom is -0.472 e. The van der Waals surface area contributed by atoms with Crippen molar-refractivity contribution >= 4 is 29.4 Å². The molecule has 1 aliphatic carbocycles. The normalized spacial score (nSPS) is 23.8. The number of aromatic nitrogens is 2. The van der Waals surface area contributed by atoms with Gasteiger partial charge < -0.3 is 14.8 Å². The van der Waals surface area contributed by atoms with E-state index in [0.29, 0.717) is 28.2 Å². The molecule has 2 unspecified atom stereocenters. The van der Waals surface area contributed by atoms with E-state index in [1.807, 2.05) is 31.7 Å². The van der Waals surface area contributed by atoms with Crippen LogP contribution in [0.5, 0.6) is 5.88 Å². The summed E-state index contributed by atoms with van der Waals surface area (Å²) in [6, 6.07) is 5.39. The molecule has 1 N–H and O–H groups in total. The van der Waals surface area contributed by atoms with Crippen LogP contribution in [0.2, 0.25) is 0 Å². The zero-order valence-electron chi connectivity index (χ0n) is 19.8. The number of thioether (sulfide) groups is 1. The summed E-state index contributed by atoms with van der Waals surface area (Å²) in [5.41, 5.74) is 1.07. The molecule has 2 bridgehead atoms. The third kappa shape index (κ3) is 4.67. The van der Waals surface area contributed by atoms with Crippen molar-refractivity contribution in [3.8, 4) is 5.88 Å². The first-order valence-electron chi connectivity index (χ1n) is 12.1. The fourth-order valence-electron chi connectivity index (χ4n) is 4.91. The molecule has 9 heteroatoms. The van der Waals surface area contributed by atoms with Crippen LogP contribution in [-0.2, 0) is 4.74 Å². The van der Waals surface area contributed by atoms with E-state index in [0.717, 1.165) is 24.2 Å². The van der Waals surface area contributed by atoms with Crippen molar-refractivity contribution in [2.75, 3.05) is 5.32 Å². The van der Waals surface area contributed by atoms with Crippen molar-refractivity contribution in [1.82, 2.24) is 14.9 Å². The monoisotopic (exact) mass is 486 g/mol. The summed E-state index contributed by atoms with van der Waals surface area (Å²) in [5, 5.41) is 3.70. The number of ether oxygens (including phenoxy) is 2. The Kier molecular flexibility index (Phi) is 6.55. The van der Waals surface area contributed by atoms with Crippen LogP contribution in [0, 0.1) is 12.7 Å². The lowest BCUT2D eigenvalue weighted by Gasteiger charge is -2.25. The second-order valence-corrected chi connectivity index (χ2v) is 11.0. The van der Waals surface area contributed by atoms with Gasteiger partial charge in [-0.2, -0.15) is 0 Å². The Bertz CT molecular complexity index is 1060. The SMILES string of the molecule is Cc1c(Nc2ccc(SC3CCC3)cc2F)ncnc1O[C@H]1CC2CCC1N2C(=O)OC(C)C. The van der Waals surface area contributed by atoms with Crippen molar-refractivity contribution in [2.45, 2.75) is 93.7 Å². The van der Waals surface area contributed by atoms with Crippen LogP contribution in [-0.4, -0.2) is 50.5 Å². The zero-order chi connectivity index (χ0) is 23.8. The Hall–Kier alpha value is -2.55. The molecule has 3 atom stereocenters. The zero-order valence-corrected chi connectivity index (χ0v) is 20.6. The molecular weight excluding hydrogens is 455 g/mol. The number of hydrogen-bond donors (Lipinski definition) is 1. The number of anilines is 2. The number of carbonyl (C=O) groups excluding carboxylic acids is 1. The molecule has 5 rings (SSSR count). The molecule has 2 aromatic rings. The molecule has 1 saturated carbocycles. The fourth-order valence-corrected chi connectivity index (χ4v) is 6.18. The highest BCUT2D eigenvalue weighted by molar-refractivity contribution is 8.00. The van der Waals surface area contributed by atoms with E-state index >= 15 is 0 Å². The quantitative estimate of drug-likeness (QED) is 0.527. The van der Waals surface area contributed by atoms with Crippen molar-refractivity contribution in [2.24, 2.45) is 0 Å². The Morgan fingerprint density at radius 2 is 2.06 bits per heavy atom. The molecule has 3 heterocycles. The maximum atomic E-state index is 14.8. The van der Waals surface area contributed by atoms with Crippen LogP contribution in [0.3, 0.4) is 0 Å². The summed E-state index contributed by atoms with van der Waals surface area (Å²) in [5.74, 6) is 0.643. The number of nitrogens with zero attached hydrogens (tertiary/aromatic N) is 3. The summed E-state index contributed by atoms with van der Waals surface area (Å²) in [4.78, 5) is 24.0. The maximum absolute atomic E-state index is 14.8. The van der Waals surface area contributed by atoms with Crippen molar-refractivity contribution in [3.05, 3.63) is 35.9 Å². The van der Waals surface area contributed by atoms with Crippen molar-refractivity contribution in [3.63, 3.8) is 0 Å². The smallest absolute Gasteiger partial charge is 0.410 e. The first kappa shape index (κ1) is 23.2. The second kappa shape index (κ2) is 9.60. The Labute approximate surface area is 203 Å². The molecule has 1 aromatic carbocycles. The van der Waals surface area contributed by atoms with Crippen LogP contribution in [0.15, 0.2) is 29.4 Å². The summed E-state index contributed by atoms with van der Waals surface area (Å²) in [6.07, 6.45) is 7.10. The van der Waals surface area contributed by atoms with E-state index in [4.69, 9.17) is 9.47 Å². The third-order valence-corrected chi connectivity index (χ3v) is 8.21. The summed E-state index contributed by atoms with van der Waals surface area (Å²) >= 11 is 1.74. The van der Waals surface area contributed by atoms with Gasteiger partial charge in [0.1, 0.15) is 24.1 Å². The number of rotatable bonds is 7. The van der Waals surface area contributed by atoms with Crippen LogP contribution in [0.4, 0.5) is 20.7 Å². The minimum atomic E-state index is -0.308. The van der Waals surface area contributed by atoms with Gasteiger partial charge in [0.05, 0.1) is 23.4 Å². The molecular formula is C25H31FN4O3S. The average molecular weight is 487 g/mol. The van der Waals surface area contributed by atoms with Gasteiger partial charge in [0, 0.05) is 22.6 Å². The largest absolute Gasteiger partial charge is 0.472 e. The lowest BCUT2D eigenvalue weighted by atomic mass is 9.98. The fraction of sp³-hybridized carbons (Fsp3) is 0.560. The molecule has 3 aliphatic rings. The van der Waals surface area contributed by atoms with Gasteiger partial charge in [-0.25, -0.2) is 19.2 Å².